The monoisotopic (exact) mass is 287 g/mol. The highest BCUT2D eigenvalue weighted by atomic mass is 35.5. The molecule has 0 amide bonds. The van der Waals surface area contributed by atoms with Gasteiger partial charge in [-0.1, -0.05) is 23.7 Å². The normalized spacial score (nSPS) is 11.2. The third-order valence-corrected chi connectivity index (χ3v) is 3.74. The van der Waals surface area contributed by atoms with Crippen molar-refractivity contribution in [1.82, 2.24) is 4.90 Å². The van der Waals surface area contributed by atoms with E-state index in [2.05, 4.69) is 0 Å². The Labute approximate surface area is 114 Å². The highest BCUT2D eigenvalue weighted by molar-refractivity contribution is 7.16. The minimum Gasteiger partial charge on any atom is -0.297 e. The molecule has 18 heavy (non-hydrogen) atoms. The van der Waals surface area contributed by atoms with E-state index in [9.17, 15) is 8.78 Å². The van der Waals surface area contributed by atoms with E-state index in [0.717, 1.165) is 15.3 Å². The molecule has 1 nitrogen and oxygen atoms in total. The zero-order valence-electron chi connectivity index (χ0n) is 9.79. The summed E-state index contributed by atoms with van der Waals surface area (Å²) in [4.78, 5) is 3.01. The molecule has 0 spiro atoms. The van der Waals surface area contributed by atoms with Gasteiger partial charge in [0, 0.05) is 23.5 Å². The number of rotatable bonds is 4. The van der Waals surface area contributed by atoms with Crippen molar-refractivity contribution >= 4 is 22.9 Å². The van der Waals surface area contributed by atoms with Crippen molar-refractivity contribution in [3.63, 3.8) is 0 Å². The molecule has 0 radical (unpaired) electrons. The molecule has 5 heteroatoms. The summed E-state index contributed by atoms with van der Waals surface area (Å²) < 4.78 is 27.3. The molecule has 2 aromatic rings. The number of halogens is 3. The molecular weight excluding hydrogens is 276 g/mol. The van der Waals surface area contributed by atoms with Crippen molar-refractivity contribution in [1.29, 1.82) is 0 Å². The van der Waals surface area contributed by atoms with Crippen LogP contribution in [0.1, 0.15) is 10.4 Å². The van der Waals surface area contributed by atoms with Gasteiger partial charge in [-0.25, -0.2) is 8.78 Å². The van der Waals surface area contributed by atoms with Crippen molar-refractivity contribution in [3.8, 4) is 0 Å². The summed E-state index contributed by atoms with van der Waals surface area (Å²) in [7, 11) is 1.86. The molecule has 0 N–H and O–H groups in total. The van der Waals surface area contributed by atoms with Crippen LogP contribution in [0.2, 0.25) is 4.34 Å². The Morgan fingerprint density at radius 1 is 1.17 bits per heavy atom. The van der Waals surface area contributed by atoms with Gasteiger partial charge in [-0.05, 0) is 25.2 Å². The minimum absolute atomic E-state index is 0.360. The molecule has 0 aliphatic carbocycles. The molecule has 1 aromatic carbocycles. The smallest absolute Gasteiger partial charge is 0.163 e. The summed E-state index contributed by atoms with van der Waals surface area (Å²) in [6.45, 7) is 1.02. The summed E-state index contributed by atoms with van der Waals surface area (Å²) in [6.07, 6.45) is 0. The molecule has 96 valence electrons. The molecule has 0 unspecified atom stereocenters. The molecule has 0 saturated heterocycles. The van der Waals surface area contributed by atoms with Crippen LogP contribution >= 0.6 is 22.9 Å². The van der Waals surface area contributed by atoms with E-state index in [1.54, 1.807) is 6.07 Å². The van der Waals surface area contributed by atoms with Crippen molar-refractivity contribution in [2.45, 2.75) is 13.1 Å². The first-order valence-corrected chi connectivity index (χ1v) is 6.61. The van der Waals surface area contributed by atoms with Crippen LogP contribution in [0.5, 0.6) is 0 Å². The molecule has 0 fully saturated rings. The van der Waals surface area contributed by atoms with Crippen molar-refractivity contribution in [2.24, 2.45) is 0 Å². The Balaban J connectivity index is 2.03. The summed E-state index contributed by atoms with van der Waals surface area (Å²) in [5.41, 5.74) is 0.361. The van der Waals surface area contributed by atoms with Gasteiger partial charge >= 0.3 is 0 Å². The van der Waals surface area contributed by atoms with Gasteiger partial charge in [0.05, 0.1) is 4.34 Å². The van der Waals surface area contributed by atoms with Gasteiger partial charge in [0.2, 0.25) is 0 Å². The zero-order chi connectivity index (χ0) is 13.1. The van der Waals surface area contributed by atoms with Crippen LogP contribution in [-0.4, -0.2) is 11.9 Å². The minimum atomic E-state index is -0.805. The molecule has 0 saturated carbocycles. The van der Waals surface area contributed by atoms with E-state index in [1.165, 1.54) is 17.4 Å². The third kappa shape index (κ3) is 3.28. The average molecular weight is 288 g/mol. The molecule has 0 atom stereocenters. The Bertz CT molecular complexity index is 542. The summed E-state index contributed by atoms with van der Waals surface area (Å²) in [6, 6.07) is 8.00. The first-order chi connectivity index (χ1) is 8.56. The fourth-order valence-corrected chi connectivity index (χ4v) is 2.89. The highest BCUT2D eigenvalue weighted by Gasteiger charge is 2.10. The molecular formula is C13H12ClF2NS. The maximum atomic E-state index is 13.5. The average Bonchev–Trinajstić information content (AvgIpc) is 2.70. The number of hydrogen-bond donors (Lipinski definition) is 0. The van der Waals surface area contributed by atoms with Crippen LogP contribution in [0.4, 0.5) is 8.78 Å². The first-order valence-electron chi connectivity index (χ1n) is 5.42. The molecule has 2 rings (SSSR count). The van der Waals surface area contributed by atoms with E-state index < -0.39 is 11.6 Å². The lowest BCUT2D eigenvalue weighted by atomic mass is 10.2. The van der Waals surface area contributed by atoms with Crippen LogP contribution in [0, 0.1) is 11.6 Å². The standard InChI is InChI=1S/C13H12ClF2NS/c1-17(8-10-5-6-12(14)18-10)7-9-3-2-4-11(15)13(9)16/h2-6H,7-8H2,1H3. The third-order valence-electron chi connectivity index (χ3n) is 2.53. The molecule has 1 heterocycles. The lowest BCUT2D eigenvalue weighted by Gasteiger charge is -2.16. The topological polar surface area (TPSA) is 3.24 Å². The van der Waals surface area contributed by atoms with E-state index in [1.807, 2.05) is 24.1 Å². The van der Waals surface area contributed by atoms with Crippen molar-refractivity contribution < 1.29 is 8.78 Å². The number of hydrogen-bond acceptors (Lipinski definition) is 2. The summed E-state index contributed by atoms with van der Waals surface area (Å²) in [5, 5.41) is 0. The van der Waals surface area contributed by atoms with Gasteiger partial charge in [-0.2, -0.15) is 0 Å². The maximum absolute atomic E-state index is 13.5. The van der Waals surface area contributed by atoms with Gasteiger partial charge < -0.3 is 0 Å². The number of thiophene rings is 1. The van der Waals surface area contributed by atoms with E-state index >= 15 is 0 Å². The summed E-state index contributed by atoms with van der Waals surface area (Å²) >= 11 is 7.33. The Morgan fingerprint density at radius 3 is 2.61 bits per heavy atom. The van der Waals surface area contributed by atoms with Gasteiger partial charge in [0.25, 0.3) is 0 Å². The molecule has 0 bridgehead atoms. The van der Waals surface area contributed by atoms with Crippen LogP contribution in [0.15, 0.2) is 30.3 Å². The quantitative estimate of drug-likeness (QED) is 0.810. The lowest BCUT2D eigenvalue weighted by Crippen LogP contribution is -2.17. The van der Waals surface area contributed by atoms with Gasteiger partial charge in [0.15, 0.2) is 11.6 Å². The predicted molar refractivity (Wildman–Crippen MR) is 70.9 cm³/mol. The van der Waals surface area contributed by atoms with Crippen molar-refractivity contribution in [2.75, 3.05) is 7.05 Å². The largest absolute Gasteiger partial charge is 0.297 e. The van der Waals surface area contributed by atoms with Gasteiger partial charge in [-0.3, -0.25) is 4.90 Å². The lowest BCUT2D eigenvalue weighted by molar-refractivity contribution is 0.314. The second-order valence-corrected chi connectivity index (χ2v) is 5.89. The fourth-order valence-electron chi connectivity index (χ4n) is 1.72. The zero-order valence-corrected chi connectivity index (χ0v) is 11.4. The molecule has 0 aliphatic heterocycles. The highest BCUT2D eigenvalue weighted by Crippen LogP contribution is 2.23. The Kier molecular flexibility index (Phi) is 4.32. The maximum Gasteiger partial charge on any atom is 0.163 e. The molecule has 1 aromatic heterocycles. The Morgan fingerprint density at radius 2 is 1.94 bits per heavy atom. The predicted octanol–water partition coefficient (Wildman–Crippen LogP) is 4.31. The van der Waals surface area contributed by atoms with Crippen LogP contribution in [0.3, 0.4) is 0 Å². The van der Waals surface area contributed by atoms with E-state index in [0.29, 0.717) is 18.7 Å². The van der Waals surface area contributed by atoms with E-state index in [-0.39, 0.29) is 0 Å². The van der Waals surface area contributed by atoms with Gasteiger partial charge in [-0.15, -0.1) is 11.3 Å². The molecule has 0 aliphatic rings. The first kappa shape index (κ1) is 13.5. The van der Waals surface area contributed by atoms with Crippen LogP contribution in [-0.2, 0) is 13.1 Å². The second-order valence-electron chi connectivity index (χ2n) is 4.09. The number of benzene rings is 1. The Hall–Kier alpha value is -0.970. The van der Waals surface area contributed by atoms with Crippen LogP contribution < -0.4 is 0 Å². The van der Waals surface area contributed by atoms with Crippen LogP contribution in [0.25, 0.3) is 0 Å². The number of nitrogens with zero attached hydrogens (tertiary/aromatic N) is 1. The van der Waals surface area contributed by atoms with Crippen molar-refractivity contribution in [3.05, 3.63) is 56.7 Å². The SMILES string of the molecule is CN(Cc1ccc(Cl)s1)Cc1cccc(F)c1F. The fraction of sp³-hybridized carbons (Fsp3) is 0.231. The second kappa shape index (κ2) is 5.78. The van der Waals surface area contributed by atoms with E-state index in [4.69, 9.17) is 11.6 Å². The van der Waals surface area contributed by atoms with Gasteiger partial charge in [0.1, 0.15) is 0 Å². The summed E-state index contributed by atoms with van der Waals surface area (Å²) in [5.74, 6) is -1.58.